The molecule has 17 heavy (non-hydrogen) atoms. The Bertz CT molecular complexity index is 367. The van der Waals surface area contributed by atoms with Crippen molar-refractivity contribution in [3.63, 3.8) is 0 Å². The van der Waals surface area contributed by atoms with E-state index in [0.29, 0.717) is 13.2 Å². The first-order valence-electron chi connectivity index (χ1n) is 5.84. The molecular weight excluding hydrogens is 220 g/mol. The van der Waals surface area contributed by atoms with Crippen LogP contribution in [0.3, 0.4) is 0 Å². The van der Waals surface area contributed by atoms with Gasteiger partial charge in [0, 0.05) is 7.11 Å². The second-order valence-electron chi connectivity index (χ2n) is 4.34. The van der Waals surface area contributed by atoms with Crippen molar-refractivity contribution in [3.05, 3.63) is 35.9 Å². The molecule has 4 atom stereocenters. The Morgan fingerprint density at radius 1 is 1.12 bits per heavy atom. The molecule has 0 radical (unpaired) electrons. The molecule has 2 heterocycles. The Balaban J connectivity index is 1.44. The third-order valence-electron chi connectivity index (χ3n) is 3.13. The van der Waals surface area contributed by atoms with Gasteiger partial charge in [-0.25, -0.2) is 0 Å². The molecule has 0 N–H and O–H groups in total. The fourth-order valence-electron chi connectivity index (χ4n) is 2.17. The van der Waals surface area contributed by atoms with Crippen molar-refractivity contribution in [2.75, 3.05) is 13.7 Å². The molecule has 0 aliphatic carbocycles. The zero-order valence-electron chi connectivity index (χ0n) is 9.74. The molecule has 0 aromatic heterocycles. The number of rotatable bonds is 5. The van der Waals surface area contributed by atoms with Gasteiger partial charge in [0.15, 0.2) is 6.29 Å². The van der Waals surface area contributed by atoms with Crippen molar-refractivity contribution in [3.8, 4) is 0 Å². The molecule has 1 aromatic carbocycles. The van der Waals surface area contributed by atoms with E-state index in [4.69, 9.17) is 18.9 Å². The first-order chi connectivity index (χ1) is 8.38. The summed E-state index contributed by atoms with van der Waals surface area (Å²) in [5.41, 5.74) is 1.17. The minimum absolute atomic E-state index is 0.00802. The van der Waals surface area contributed by atoms with Gasteiger partial charge in [-0.15, -0.1) is 0 Å². The molecule has 92 valence electrons. The molecular formula is C13H16O4. The van der Waals surface area contributed by atoms with Crippen molar-refractivity contribution in [2.45, 2.75) is 31.2 Å². The van der Waals surface area contributed by atoms with Crippen LogP contribution in [0.2, 0.25) is 0 Å². The predicted molar refractivity (Wildman–Crippen MR) is 60.4 cm³/mol. The topological polar surface area (TPSA) is 40.2 Å². The van der Waals surface area contributed by atoms with Crippen LogP contribution in [0.5, 0.6) is 0 Å². The van der Waals surface area contributed by atoms with Crippen LogP contribution in [0.25, 0.3) is 0 Å². The summed E-state index contributed by atoms with van der Waals surface area (Å²) >= 11 is 0. The number of benzene rings is 1. The lowest BCUT2D eigenvalue weighted by molar-refractivity contribution is -0.171. The summed E-state index contributed by atoms with van der Waals surface area (Å²) in [6.45, 7) is 1.16. The van der Waals surface area contributed by atoms with Gasteiger partial charge in [-0.05, 0) is 5.56 Å². The van der Waals surface area contributed by atoms with Crippen molar-refractivity contribution in [1.29, 1.82) is 0 Å². The second kappa shape index (κ2) is 4.74. The van der Waals surface area contributed by atoms with Crippen LogP contribution >= 0.6 is 0 Å². The second-order valence-corrected chi connectivity index (χ2v) is 4.34. The van der Waals surface area contributed by atoms with Gasteiger partial charge < -0.3 is 18.9 Å². The highest BCUT2D eigenvalue weighted by molar-refractivity contribution is 5.13. The molecule has 0 bridgehead atoms. The van der Waals surface area contributed by atoms with Crippen LogP contribution in [-0.4, -0.2) is 38.3 Å². The molecule has 0 amide bonds. The Morgan fingerprint density at radius 2 is 1.94 bits per heavy atom. The van der Waals surface area contributed by atoms with E-state index in [-0.39, 0.29) is 24.6 Å². The maximum atomic E-state index is 5.64. The van der Waals surface area contributed by atoms with Gasteiger partial charge in [0.25, 0.3) is 0 Å². The van der Waals surface area contributed by atoms with Crippen molar-refractivity contribution < 1.29 is 18.9 Å². The van der Waals surface area contributed by atoms with Crippen LogP contribution < -0.4 is 0 Å². The highest BCUT2D eigenvalue weighted by atomic mass is 16.8. The smallest absolute Gasteiger partial charge is 0.186 e. The van der Waals surface area contributed by atoms with Gasteiger partial charge in [0.2, 0.25) is 0 Å². The molecule has 2 fully saturated rings. The van der Waals surface area contributed by atoms with Crippen LogP contribution in [0, 0.1) is 0 Å². The number of hydrogen-bond acceptors (Lipinski definition) is 4. The Hall–Kier alpha value is -0.940. The van der Waals surface area contributed by atoms with Gasteiger partial charge in [-0.3, -0.25) is 0 Å². The van der Waals surface area contributed by atoms with Crippen molar-refractivity contribution in [1.82, 2.24) is 0 Å². The molecule has 2 aliphatic rings. The Labute approximate surface area is 100 Å². The third kappa shape index (κ3) is 2.35. The minimum Gasteiger partial charge on any atom is -0.374 e. The number of fused-ring (bicyclic) bond motifs is 1. The lowest BCUT2D eigenvalue weighted by atomic mass is 10.2. The van der Waals surface area contributed by atoms with E-state index in [9.17, 15) is 0 Å². The van der Waals surface area contributed by atoms with Crippen LogP contribution in [0.15, 0.2) is 30.3 Å². The number of ether oxygens (including phenoxy) is 4. The lowest BCUT2D eigenvalue weighted by Crippen LogP contribution is -2.25. The third-order valence-corrected chi connectivity index (χ3v) is 3.13. The highest BCUT2D eigenvalue weighted by Crippen LogP contribution is 2.39. The molecule has 1 aromatic rings. The summed E-state index contributed by atoms with van der Waals surface area (Å²) in [7, 11) is 1.64. The summed E-state index contributed by atoms with van der Waals surface area (Å²) in [5, 5.41) is 0. The maximum Gasteiger partial charge on any atom is 0.186 e. The van der Waals surface area contributed by atoms with Gasteiger partial charge in [0.05, 0.1) is 13.2 Å². The van der Waals surface area contributed by atoms with E-state index in [1.807, 2.05) is 30.3 Å². The average molecular weight is 236 g/mol. The van der Waals surface area contributed by atoms with Gasteiger partial charge in [-0.2, -0.15) is 0 Å². The quantitative estimate of drug-likeness (QED) is 0.723. The Morgan fingerprint density at radius 3 is 2.65 bits per heavy atom. The first kappa shape index (κ1) is 11.2. The minimum atomic E-state index is -0.217. The number of methoxy groups -OCH3 is 1. The highest BCUT2D eigenvalue weighted by Gasteiger charge is 2.58. The van der Waals surface area contributed by atoms with E-state index in [2.05, 4.69) is 0 Å². The molecule has 4 heteroatoms. The zero-order valence-corrected chi connectivity index (χ0v) is 9.74. The maximum absolute atomic E-state index is 5.64. The van der Waals surface area contributed by atoms with E-state index in [0.717, 1.165) is 0 Å². The largest absolute Gasteiger partial charge is 0.374 e. The predicted octanol–water partition coefficient (Wildman–Crippen LogP) is 1.34. The summed E-state index contributed by atoms with van der Waals surface area (Å²) in [5.74, 6) is 0. The molecule has 0 saturated carbocycles. The average Bonchev–Trinajstić information content (AvgIpc) is 3.09. The van der Waals surface area contributed by atoms with Crippen molar-refractivity contribution >= 4 is 0 Å². The number of epoxide rings is 1. The van der Waals surface area contributed by atoms with E-state index in [1.165, 1.54) is 5.56 Å². The Kier molecular flexibility index (Phi) is 3.11. The molecule has 0 spiro atoms. The summed E-state index contributed by atoms with van der Waals surface area (Å²) in [6, 6.07) is 10.1. The molecule has 4 nitrogen and oxygen atoms in total. The molecule has 2 aliphatic heterocycles. The normalized spacial score (nSPS) is 34.6. The SMILES string of the molecule is COC1OC(COCc2ccccc2)C2OC12. The fourth-order valence-corrected chi connectivity index (χ4v) is 2.17. The van der Waals surface area contributed by atoms with Gasteiger partial charge in [-0.1, -0.05) is 30.3 Å². The molecule has 2 saturated heterocycles. The van der Waals surface area contributed by atoms with E-state index in [1.54, 1.807) is 7.11 Å². The van der Waals surface area contributed by atoms with E-state index < -0.39 is 0 Å². The zero-order chi connectivity index (χ0) is 11.7. The van der Waals surface area contributed by atoms with Gasteiger partial charge in [0.1, 0.15) is 18.3 Å². The lowest BCUT2D eigenvalue weighted by Gasteiger charge is -2.16. The summed E-state index contributed by atoms with van der Waals surface area (Å²) in [4.78, 5) is 0. The van der Waals surface area contributed by atoms with E-state index >= 15 is 0 Å². The number of hydrogen-bond donors (Lipinski definition) is 0. The van der Waals surface area contributed by atoms with Crippen LogP contribution in [-0.2, 0) is 25.6 Å². The summed E-state index contributed by atoms with van der Waals surface area (Å²) < 4.78 is 21.9. The van der Waals surface area contributed by atoms with Crippen molar-refractivity contribution in [2.24, 2.45) is 0 Å². The first-order valence-corrected chi connectivity index (χ1v) is 5.84. The van der Waals surface area contributed by atoms with Gasteiger partial charge >= 0.3 is 0 Å². The van der Waals surface area contributed by atoms with Crippen LogP contribution in [0.4, 0.5) is 0 Å². The molecule has 4 unspecified atom stereocenters. The standard InChI is InChI=1S/C13H16O4/c1-14-13-12-11(17-12)10(16-13)8-15-7-9-5-3-2-4-6-9/h2-6,10-13H,7-8H2,1H3. The molecule has 3 rings (SSSR count). The monoisotopic (exact) mass is 236 g/mol. The van der Waals surface area contributed by atoms with Crippen LogP contribution in [0.1, 0.15) is 5.56 Å². The summed E-state index contributed by atoms with van der Waals surface area (Å²) in [6.07, 6.45) is 0.0695. The fraction of sp³-hybridized carbons (Fsp3) is 0.538.